The molecule has 0 aliphatic rings. The average Bonchev–Trinajstić information content (AvgIpc) is 2.15. The van der Waals surface area contributed by atoms with Crippen LogP contribution in [0.5, 0.6) is 0 Å². The third kappa shape index (κ3) is 5.94. The molecular weight excluding hydrogens is 182 g/mol. The van der Waals surface area contributed by atoms with E-state index in [9.17, 15) is 4.79 Å². The fraction of sp³-hybridized carbons (Fsp3) is 0.900. The number of carbonyl (C=O) groups excluding carboxylic acids is 1. The first-order chi connectivity index (χ1) is 6.61. The van der Waals surface area contributed by atoms with Crippen molar-refractivity contribution in [2.24, 2.45) is 0 Å². The first-order valence-corrected chi connectivity index (χ1v) is 5.13. The number of hydrogen-bond acceptors (Lipinski definition) is 4. The van der Waals surface area contributed by atoms with Crippen LogP contribution in [0.15, 0.2) is 0 Å². The molecule has 0 aromatic heterocycles. The molecule has 84 valence electrons. The largest absolute Gasteiger partial charge is 0.465 e. The Morgan fingerprint density at radius 3 is 2.43 bits per heavy atom. The molecule has 2 unspecified atom stereocenters. The van der Waals surface area contributed by atoms with Crippen LogP contribution >= 0.6 is 0 Å². The number of nitrogens with one attached hydrogen (secondary N) is 1. The van der Waals surface area contributed by atoms with Crippen molar-refractivity contribution in [3.8, 4) is 0 Å². The van der Waals surface area contributed by atoms with Gasteiger partial charge in [0, 0.05) is 13.2 Å². The summed E-state index contributed by atoms with van der Waals surface area (Å²) in [6, 6.07) is -0.266. The number of ether oxygens (including phenoxy) is 2. The summed E-state index contributed by atoms with van der Waals surface area (Å²) in [6.07, 6.45) is 0.122. The van der Waals surface area contributed by atoms with Gasteiger partial charge in [0.1, 0.15) is 6.04 Å². The Morgan fingerprint density at radius 1 is 1.29 bits per heavy atom. The second kappa shape index (κ2) is 7.76. The second-order valence-corrected chi connectivity index (χ2v) is 3.15. The van der Waals surface area contributed by atoms with Crippen LogP contribution in [-0.4, -0.2) is 37.9 Å². The van der Waals surface area contributed by atoms with Gasteiger partial charge in [0.15, 0.2) is 0 Å². The van der Waals surface area contributed by atoms with E-state index in [2.05, 4.69) is 5.32 Å². The summed E-state index contributed by atoms with van der Waals surface area (Å²) >= 11 is 0. The molecule has 2 atom stereocenters. The van der Waals surface area contributed by atoms with Crippen LogP contribution in [0.2, 0.25) is 0 Å². The maximum Gasteiger partial charge on any atom is 0.322 e. The molecule has 14 heavy (non-hydrogen) atoms. The Labute approximate surface area is 86.0 Å². The minimum Gasteiger partial charge on any atom is -0.465 e. The van der Waals surface area contributed by atoms with E-state index in [-0.39, 0.29) is 18.1 Å². The minimum absolute atomic E-state index is 0.122. The summed E-state index contributed by atoms with van der Waals surface area (Å²) in [5.74, 6) is -0.212. The molecule has 0 aliphatic heterocycles. The van der Waals surface area contributed by atoms with E-state index in [0.717, 1.165) is 0 Å². The van der Waals surface area contributed by atoms with E-state index >= 15 is 0 Å². The molecule has 0 aliphatic carbocycles. The molecule has 0 rings (SSSR count). The van der Waals surface area contributed by atoms with Gasteiger partial charge in [-0.15, -0.1) is 0 Å². The summed E-state index contributed by atoms with van der Waals surface area (Å²) in [4.78, 5) is 11.2. The van der Waals surface area contributed by atoms with E-state index < -0.39 is 0 Å². The maximum absolute atomic E-state index is 11.2. The highest BCUT2D eigenvalue weighted by molar-refractivity contribution is 5.75. The number of esters is 1. The molecule has 0 heterocycles. The molecule has 0 amide bonds. The lowest BCUT2D eigenvalue weighted by molar-refractivity contribution is -0.145. The Morgan fingerprint density at radius 2 is 1.93 bits per heavy atom. The Hall–Kier alpha value is -0.610. The third-order valence-electron chi connectivity index (χ3n) is 1.80. The van der Waals surface area contributed by atoms with Crippen molar-refractivity contribution in [1.82, 2.24) is 5.32 Å². The molecular formula is C10H21NO3. The molecule has 0 spiro atoms. The van der Waals surface area contributed by atoms with Gasteiger partial charge in [0.25, 0.3) is 0 Å². The molecule has 4 nitrogen and oxygen atoms in total. The van der Waals surface area contributed by atoms with Crippen molar-refractivity contribution >= 4 is 5.97 Å². The van der Waals surface area contributed by atoms with Crippen molar-refractivity contribution in [3.63, 3.8) is 0 Å². The van der Waals surface area contributed by atoms with Crippen molar-refractivity contribution in [3.05, 3.63) is 0 Å². The van der Waals surface area contributed by atoms with Gasteiger partial charge in [-0.3, -0.25) is 4.79 Å². The molecule has 1 N–H and O–H groups in total. The molecule has 0 bridgehead atoms. The lowest BCUT2D eigenvalue weighted by Gasteiger charge is -2.16. The highest BCUT2D eigenvalue weighted by atomic mass is 16.5. The average molecular weight is 203 g/mol. The molecule has 0 fully saturated rings. The first-order valence-electron chi connectivity index (χ1n) is 5.13. The van der Waals surface area contributed by atoms with Crippen molar-refractivity contribution in [2.45, 2.75) is 39.8 Å². The lowest BCUT2D eigenvalue weighted by atomic mass is 10.3. The van der Waals surface area contributed by atoms with Crippen LogP contribution in [0.4, 0.5) is 0 Å². The molecule has 0 saturated heterocycles. The Bertz CT molecular complexity index is 161. The first kappa shape index (κ1) is 13.4. The van der Waals surface area contributed by atoms with Gasteiger partial charge >= 0.3 is 5.97 Å². The van der Waals surface area contributed by atoms with Crippen molar-refractivity contribution < 1.29 is 14.3 Å². The molecule has 0 aromatic carbocycles. The Balaban J connectivity index is 3.61. The molecule has 0 saturated carbocycles. The van der Waals surface area contributed by atoms with Crippen LogP contribution in [0.3, 0.4) is 0 Å². The summed E-state index contributed by atoms with van der Waals surface area (Å²) < 4.78 is 10.2. The normalized spacial score (nSPS) is 14.9. The van der Waals surface area contributed by atoms with Crippen LogP contribution in [0, 0.1) is 0 Å². The summed E-state index contributed by atoms with van der Waals surface area (Å²) in [5.41, 5.74) is 0. The zero-order chi connectivity index (χ0) is 11.0. The highest BCUT2D eigenvalue weighted by Gasteiger charge is 2.13. The SMILES string of the molecule is CCOC(=O)C(C)NCC(C)OCC. The van der Waals surface area contributed by atoms with E-state index in [1.54, 1.807) is 13.8 Å². The predicted octanol–water partition coefficient (Wildman–Crippen LogP) is 0.953. The van der Waals surface area contributed by atoms with E-state index in [1.165, 1.54) is 0 Å². The topological polar surface area (TPSA) is 47.6 Å². The fourth-order valence-corrected chi connectivity index (χ4v) is 1.04. The molecule has 0 radical (unpaired) electrons. The van der Waals surface area contributed by atoms with Gasteiger partial charge in [-0.25, -0.2) is 0 Å². The summed E-state index contributed by atoms with van der Waals surface area (Å²) in [7, 11) is 0. The zero-order valence-electron chi connectivity index (χ0n) is 9.50. The van der Waals surface area contributed by atoms with Gasteiger partial charge in [-0.05, 0) is 27.7 Å². The number of rotatable bonds is 7. The van der Waals surface area contributed by atoms with Gasteiger partial charge in [0.05, 0.1) is 12.7 Å². The standard InChI is InChI=1S/C10H21NO3/c1-5-13-8(3)7-11-9(4)10(12)14-6-2/h8-9,11H,5-7H2,1-4H3. The zero-order valence-corrected chi connectivity index (χ0v) is 9.50. The van der Waals surface area contributed by atoms with E-state index in [4.69, 9.17) is 9.47 Å². The van der Waals surface area contributed by atoms with Crippen LogP contribution in [0.25, 0.3) is 0 Å². The van der Waals surface area contributed by atoms with E-state index in [0.29, 0.717) is 19.8 Å². The number of hydrogen-bond donors (Lipinski definition) is 1. The Kier molecular flexibility index (Phi) is 7.42. The summed E-state index contributed by atoms with van der Waals surface area (Å²) in [5, 5.41) is 3.05. The fourth-order valence-electron chi connectivity index (χ4n) is 1.04. The minimum atomic E-state index is -0.266. The maximum atomic E-state index is 11.2. The van der Waals surface area contributed by atoms with E-state index in [1.807, 2.05) is 13.8 Å². The van der Waals surface area contributed by atoms with Crippen LogP contribution in [-0.2, 0) is 14.3 Å². The third-order valence-corrected chi connectivity index (χ3v) is 1.80. The number of carbonyl (C=O) groups is 1. The molecule has 4 heteroatoms. The van der Waals surface area contributed by atoms with Crippen molar-refractivity contribution in [2.75, 3.05) is 19.8 Å². The van der Waals surface area contributed by atoms with Crippen molar-refractivity contribution in [1.29, 1.82) is 0 Å². The van der Waals surface area contributed by atoms with Crippen LogP contribution in [0.1, 0.15) is 27.7 Å². The van der Waals surface area contributed by atoms with Gasteiger partial charge in [0.2, 0.25) is 0 Å². The second-order valence-electron chi connectivity index (χ2n) is 3.15. The predicted molar refractivity (Wildman–Crippen MR) is 55.2 cm³/mol. The lowest BCUT2D eigenvalue weighted by Crippen LogP contribution is -2.39. The molecule has 0 aromatic rings. The van der Waals surface area contributed by atoms with Crippen LogP contribution < -0.4 is 5.32 Å². The monoisotopic (exact) mass is 203 g/mol. The van der Waals surface area contributed by atoms with Gasteiger partial charge in [-0.1, -0.05) is 0 Å². The smallest absolute Gasteiger partial charge is 0.322 e. The quantitative estimate of drug-likeness (QED) is 0.626. The highest BCUT2D eigenvalue weighted by Crippen LogP contribution is 1.91. The summed E-state index contributed by atoms with van der Waals surface area (Å²) in [6.45, 7) is 9.28. The van der Waals surface area contributed by atoms with Gasteiger partial charge in [-0.2, -0.15) is 0 Å². The van der Waals surface area contributed by atoms with Gasteiger partial charge < -0.3 is 14.8 Å².